The van der Waals surface area contributed by atoms with E-state index in [0.717, 1.165) is 0 Å². The van der Waals surface area contributed by atoms with E-state index in [4.69, 9.17) is 16.3 Å². The second-order valence-electron chi connectivity index (χ2n) is 4.43. The van der Waals surface area contributed by atoms with Gasteiger partial charge in [0.2, 0.25) is 10.0 Å². The fourth-order valence-corrected chi connectivity index (χ4v) is 2.84. The van der Waals surface area contributed by atoms with Crippen LogP contribution in [0, 0.1) is 0 Å². The van der Waals surface area contributed by atoms with Gasteiger partial charge < -0.3 is 4.74 Å². The van der Waals surface area contributed by atoms with Crippen molar-refractivity contribution >= 4 is 27.4 Å². The van der Waals surface area contributed by atoms with Gasteiger partial charge in [-0.1, -0.05) is 11.6 Å². The molecule has 0 unspecified atom stereocenters. The number of rotatable bonds is 6. The highest BCUT2D eigenvalue weighted by Crippen LogP contribution is 2.15. The first-order valence-corrected chi connectivity index (χ1v) is 8.21. The highest BCUT2D eigenvalue weighted by Gasteiger charge is 2.16. The van der Waals surface area contributed by atoms with Crippen LogP contribution in [-0.4, -0.2) is 27.9 Å². The van der Waals surface area contributed by atoms with E-state index in [1.54, 1.807) is 24.3 Å². The maximum absolute atomic E-state index is 12.1. The monoisotopic (exact) mass is 339 g/mol. The highest BCUT2D eigenvalue weighted by atomic mass is 35.5. The van der Waals surface area contributed by atoms with E-state index < -0.39 is 10.0 Å². The van der Waals surface area contributed by atoms with Crippen LogP contribution in [0.15, 0.2) is 53.4 Å². The number of halogens is 1. The summed E-state index contributed by atoms with van der Waals surface area (Å²) < 4.78 is 31.4. The molecule has 0 aliphatic heterocycles. The van der Waals surface area contributed by atoms with E-state index in [1.807, 2.05) is 0 Å². The molecule has 2 aromatic rings. The summed E-state index contributed by atoms with van der Waals surface area (Å²) in [6.45, 7) is -0.323. The molecule has 2 aromatic carbocycles. The fraction of sp³-hybridized carbons (Fsp3) is 0.133. The Hall–Kier alpha value is -1.89. The van der Waals surface area contributed by atoms with Gasteiger partial charge in [-0.3, -0.25) is 4.79 Å². The van der Waals surface area contributed by atoms with Crippen molar-refractivity contribution in [1.29, 1.82) is 0 Å². The van der Waals surface area contributed by atoms with Crippen LogP contribution in [0.25, 0.3) is 0 Å². The number of carbonyl (C=O) groups is 1. The van der Waals surface area contributed by atoms with Gasteiger partial charge in [-0.15, -0.1) is 0 Å². The third kappa shape index (κ3) is 4.07. The Morgan fingerprint density at radius 1 is 1.09 bits per heavy atom. The summed E-state index contributed by atoms with van der Waals surface area (Å²) in [5.74, 6) is 0.213. The number of ketones is 1. The highest BCUT2D eigenvalue weighted by molar-refractivity contribution is 7.89. The largest absolute Gasteiger partial charge is 0.497 e. The normalized spacial score (nSPS) is 11.2. The van der Waals surface area contributed by atoms with Crippen LogP contribution in [0.3, 0.4) is 0 Å². The number of carbonyl (C=O) groups excluding carboxylic acids is 1. The number of benzene rings is 2. The van der Waals surface area contributed by atoms with Crippen LogP contribution in [0.2, 0.25) is 5.02 Å². The van der Waals surface area contributed by atoms with Gasteiger partial charge in [-0.25, -0.2) is 13.1 Å². The lowest BCUT2D eigenvalue weighted by Gasteiger charge is -2.07. The van der Waals surface area contributed by atoms with Crippen molar-refractivity contribution in [2.75, 3.05) is 13.7 Å². The van der Waals surface area contributed by atoms with Crippen molar-refractivity contribution in [3.05, 3.63) is 59.1 Å². The van der Waals surface area contributed by atoms with Gasteiger partial charge >= 0.3 is 0 Å². The molecule has 0 amide bonds. The van der Waals surface area contributed by atoms with Crippen LogP contribution in [0.4, 0.5) is 0 Å². The molecular formula is C15H14ClNO4S. The van der Waals surface area contributed by atoms with Gasteiger partial charge in [0.15, 0.2) is 5.78 Å². The van der Waals surface area contributed by atoms with Crippen molar-refractivity contribution in [3.63, 3.8) is 0 Å². The van der Waals surface area contributed by atoms with E-state index in [2.05, 4.69) is 4.72 Å². The first-order chi connectivity index (χ1) is 10.4. The summed E-state index contributed by atoms with van der Waals surface area (Å²) in [6.07, 6.45) is 0. The summed E-state index contributed by atoms with van der Waals surface area (Å²) in [5, 5.41) is 0.510. The van der Waals surface area contributed by atoms with Crippen LogP contribution < -0.4 is 9.46 Å². The Labute approximate surface area is 133 Å². The molecule has 0 aromatic heterocycles. The molecule has 0 saturated heterocycles. The number of methoxy groups -OCH3 is 1. The van der Waals surface area contributed by atoms with E-state index in [-0.39, 0.29) is 17.2 Å². The topological polar surface area (TPSA) is 72.5 Å². The third-order valence-corrected chi connectivity index (χ3v) is 4.63. The Morgan fingerprint density at radius 2 is 1.68 bits per heavy atom. The van der Waals surface area contributed by atoms with Crippen LogP contribution in [-0.2, 0) is 10.0 Å². The molecule has 0 heterocycles. The lowest BCUT2D eigenvalue weighted by molar-refractivity contribution is 0.0997. The average Bonchev–Trinajstić information content (AvgIpc) is 2.53. The number of hydrogen-bond acceptors (Lipinski definition) is 4. The molecular weight excluding hydrogens is 326 g/mol. The molecule has 0 fully saturated rings. The molecule has 22 heavy (non-hydrogen) atoms. The van der Waals surface area contributed by atoms with Crippen LogP contribution >= 0.6 is 11.6 Å². The predicted octanol–water partition coefficient (Wildman–Crippen LogP) is 2.51. The lowest BCUT2D eigenvalue weighted by Crippen LogP contribution is -2.29. The fourth-order valence-electron chi connectivity index (χ4n) is 1.74. The van der Waals surface area contributed by atoms with Gasteiger partial charge in [0.05, 0.1) is 18.6 Å². The van der Waals surface area contributed by atoms with Crippen LogP contribution in [0.5, 0.6) is 5.75 Å². The van der Waals surface area contributed by atoms with Gasteiger partial charge in [0, 0.05) is 10.6 Å². The number of ether oxygens (including phenoxy) is 1. The zero-order chi connectivity index (χ0) is 16.2. The van der Waals surface area contributed by atoms with Crippen LogP contribution in [0.1, 0.15) is 10.4 Å². The maximum atomic E-state index is 12.1. The zero-order valence-corrected chi connectivity index (χ0v) is 13.3. The Kier molecular flexibility index (Phi) is 5.18. The molecule has 0 radical (unpaired) electrons. The first-order valence-electron chi connectivity index (χ1n) is 6.35. The summed E-state index contributed by atoms with van der Waals surface area (Å²) in [7, 11) is -2.26. The van der Waals surface area contributed by atoms with E-state index in [1.165, 1.54) is 31.4 Å². The van der Waals surface area contributed by atoms with Gasteiger partial charge in [-0.2, -0.15) is 0 Å². The molecule has 7 heteroatoms. The minimum Gasteiger partial charge on any atom is -0.497 e. The van der Waals surface area contributed by atoms with Crippen molar-refractivity contribution in [3.8, 4) is 5.75 Å². The SMILES string of the molecule is COc1ccc(S(=O)(=O)NCC(=O)c2ccc(Cl)cc2)cc1. The predicted molar refractivity (Wildman–Crippen MR) is 84.0 cm³/mol. The molecule has 0 aliphatic rings. The van der Waals surface area contributed by atoms with Crippen molar-refractivity contribution in [1.82, 2.24) is 4.72 Å². The number of hydrogen-bond donors (Lipinski definition) is 1. The summed E-state index contributed by atoms with van der Waals surface area (Å²) in [5.41, 5.74) is 0.391. The van der Waals surface area contributed by atoms with Gasteiger partial charge in [0.1, 0.15) is 5.75 Å². The van der Waals surface area contributed by atoms with Gasteiger partial charge in [0.25, 0.3) is 0 Å². The van der Waals surface area contributed by atoms with Gasteiger partial charge in [-0.05, 0) is 48.5 Å². The van der Waals surface area contributed by atoms with E-state index in [9.17, 15) is 13.2 Å². The van der Waals surface area contributed by atoms with E-state index in [0.29, 0.717) is 16.3 Å². The van der Waals surface area contributed by atoms with E-state index >= 15 is 0 Å². The average molecular weight is 340 g/mol. The second-order valence-corrected chi connectivity index (χ2v) is 6.63. The molecule has 0 bridgehead atoms. The molecule has 2 rings (SSSR count). The standard InChI is InChI=1S/C15H14ClNO4S/c1-21-13-6-8-14(9-7-13)22(19,20)17-10-15(18)11-2-4-12(16)5-3-11/h2-9,17H,10H2,1H3. The molecule has 1 N–H and O–H groups in total. The zero-order valence-electron chi connectivity index (χ0n) is 11.7. The first kappa shape index (κ1) is 16.5. The van der Waals surface area contributed by atoms with Crippen molar-refractivity contribution in [2.45, 2.75) is 4.90 Å². The Morgan fingerprint density at radius 3 is 2.23 bits per heavy atom. The smallest absolute Gasteiger partial charge is 0.240 e. The lowest BCUT2D eigenvalue weighted by atomic mass is 10.1. The minimum absolute atomic E-state index is 0.0669. The minimum atomic E-state index is -3.75. The molecule has 0 aliphatic carbocycles. The Balaban J connectivity index is 2.05. The Bertz CT molecular complexity index is 755. The molecule has 0 atom stereocenters. The summed E-state index contributed by atoms with van der Waals surface area (Å²) in [4.78, 5) is 12.0. The maximum Gasteiger partial charge on any atom is 0.240 e. The number of Topliss-reactive ketones (excluding diaryl/α,β-unsaturated/α-hetero) is 1. The van der Waals surface area contributed by atoms with Crippen molar-refractivity contribution < 1.29 is 17.9 Å². The van der Waals surface area contributed by atoms with Crippen molar-refractivity contribution in [2.24, 2.45) is 0 Å². The second kappa shape index (κ2) is 6.91. The quantitative estimate of drug-likeness (QED) is 0.821. The third-order valence-electron chi connectivity index (χ3n) is 2.96. The summed E-state index contributed by atoms with van der Waals surface area (Å²) >= 11 is 5.74. The number of nitrogens with one attached hydrogen (secondary N) is 1. The molecule has 0 saturated carbocycles. The summed E-state index contributed by atoms with van der Waals surface area (Å²) in [6, 6.07) is 12.1. The molecule has 116 valence electrons. The molecule has 5 nitrogen and oxygen atoms in total. The molecule has 0 spiro atoms. The number of sulfonamides is 1.